The average molecular weight is 310 g/mol. The highest BCUT2D eigenvalue weighted by molar-refractivity contribution is 8.00. The van der Waals surface area contributed by atoms with Crippen LogP contribution >= 0.6 is 23.4 Å². The van der Waals surface area contributed by atoms with Gasteiger partial charge >= 0.3 is 0 Å². The summed E-state index contributed by atoms with van der Waals surface area (Å²) < 4.78 is 0.403. The van der Waals surface area contributed by atoms with Crippen LogP contribution in [0.15, 0.2) is 23.0 Å². The maximum absolute atomic E-state index is 12.0. The summed E-state index contributed by atoms with van der Waals surface area (Å²) in [7, 11) is 0. The van der Waals surface area contributed by atoms with E-state index in [1.54, 1.807) is 18.2 Å². The molecule has 20 heavy (non-hydrogen) atoms. The van der Waals surface area contributed by atoms with E-state index in [4.69, 9.17) is 11.6 Å². The van der Waals surface area contributed by atoms with Crippen LogP contribution in [-0.4, -0.2) is 27.5 Å². The summed E-state index contributed by atoms with van der Waals surface area (Å²) >= 11 is 7.85. The molecular formula is C14H16ClN3OS. The molecule has 0 radical (unpaired) electrons. The van der Waals surface area contributed by atoms with E-state index in [0.29, 0.717) is 33.0 Å². The monoisotopic (exact) mass is 309 g/mol. The molecule has 0 saturated heterocycles. The van der Waals surface area contributed by atoms with E-state index >= 15 is 0 Å². The number of thioether (sulfide) groups is 1. The van der Waals surface area contributed by atoms with Crippen LogP contribution in [0.1, 0.15) is 18.7 Å². The zero-order chi connectivity index (χ0) is 14.2. The second kappa shape index (κ2) is 5.39. The molecule has 0 amide bonds. The molecule has 1 aliphatic rings. The minimum absolute atomic E-state index is 0.116. The molecule has 0 atom stereocenters. The predicted octanol–water partition coefficient (Wildman–Crippen LogP) is 2.56. The number of aromatic nitrogens is 2. The van der Waals surface area contributed by atoms with Crippen molar-refractivity contribution in [3.63, 3.8) is 0 Å². The molecule has 1 aliphatic carbocycles. The fraction of sp³-hybridized carbons (Fsp3) is 0.429. The van der Waals surface area contributed by atoms with Gasteiger partial charge in [-0.2, -0.15) is 11.8 Å². The van der Waals surface area contributed by atoms with Gasteiger partial charge in [0.25, 0.3) is 5.56 Å². The summed E-state index contributed by atoms with van der Waals surface area (Å²) in [4.78, 5) is 19.2. The quantitative estimate of drug-likeness (QED) is 0.891. The molecule has 1 aromatic carbocycles. The fourth-order valence-corrected chi connectivity index (χ4v) is 3.17. The van der Waals surface area contributed by atoms with Crippen molar-refractivity contribution in [3.05, 3.63) is 39.4 Å². The highest BCUT2D eigenvalue weighted by Gasteiger charge is 2.41. The number of hydrogen-bond donors (Lipinski definition) is 2. The maximum atomic E-state index is 12.0. The largest absolute Gasteiger partial charge is 0.309 e. The normalized spacial score (nSPS) is 16.5. The zero-order valence-electron chi connectivity index (χ0n) is 11.2. The first kappa shape index (κ1) is 13.9. The third-order valence-corrected chi connectivity index (χ3v) is 5.35. The molecule has 2 aromatic rings. The first-order chi connectivity index (χ1) is 9.62. The Hall–Kier alpha value is -1.04. The van der Waals surface area contributed by atoms with Crippen molar-refractivity contribution in [1.82, 2.24) is 15.3 Å². The van der Waals surface area contributed by atoms with E-state index < -0.39 is 0 Å². The fourth-order valence-electron chi connectivity index (χ4n) is 2.25. The van der Waals surface area contributed by atoms with Crippen LogP contribution in [0.2, 0.25) is 5.02 Å². The Kier molecular flexibility index (Phi) is 3.75. The molecule has 0 unspecified atom stereocenters. The molecule has 0 bridgehead atoms. The van der Waals surface area contributed by atoms with Crippen molar-refractivity contribution in [2.24, 2.45) is 0 Å². The molecule has 1 aromatic heterocycles. The van der Waals surface area contributed by atoms with Crippen molar-refractivity contribution in [1.29, 1.82) is 0 Å². The number of H-pyrrole nitrogens is 1. The Morgan fingerprint density at radius 2 is 2.30 bits per heavy atom. The van der Waals surface area contributed by atoms with Crippen molar-refractivity contribution < 1.29 is 0 Å². The van der Waals surface area contributed by atoms with E-state index in [9.17, 15) is 4.79 Å². The van der Waals surface area contributed by atoms with Gasteiger partial charge in [0.2, 0.25) is 0 Å². The van der Waals surface area contributed by atoms with Gasteiger partial charge in [-0.15, -0.1) is 0 Å². The molecule has 106 valence electrons. The van der Waals surface area contributed by atoms with Crippen LogP contribution in [0.5, 0.6) is 0 Å². The second-order valence-electron chi connectivity index (χ2n) is 5.16. The van der Waals surface area contributed by atoms with Gasteiger partial charge in [-0.3, -0.25) is 4.79 Å². The maximum Gasteiger partial charge on any atom is 0.258 e. The molecule has 1 heterocycles. The topological polar surface area (TPSA) is 57.8 Å². The SMILES string of the molecule is CSC1(CNCc2nc3cc(Cl)ccc3c(=O)[nH]2)CC1. The molecule has 1 saturated carbocycles. The smallest absolute Gasteiger partial charge is 0.258 e. The van der Waals surface area contributed by atoms with Crippen LogP contribution in [0, 0.1) is 0 Å². The van der Waals surface area contributed by atoms with Gasteiger partial charge in [-0.1, -0.05) is 11.6 Å². The van der Waals surface area contributed by atoms with Gasteiger partial charge in [-0.25, -0.2) is 4.98 Å². The first-order valence-electron chi connectivity index (χ1n) is 6.56. The first-order valence-corrected chi connectivity index (χ1v) is 8.16. The molecule has 0 spiro atoms. The van der Waals surface area contributed by atoms with E-state index in [1.807, 2.05) is 11.8 Å². The average Bonchev–Trinajstić information content (AvgIpc) is 3.19. The van der Waals surface area contributed by atoms with Crippen LogP contribution in [0.25, 0.3) is 10.9 Å². The standard InChI is InChI=1S/C14H16ClN3OS/c1-20-14(4-5-14)8-16-7-12-17-11-6-9(15)2-3-10(11)13(19)18-12/h2-3,6,16H,4-5,7-8H2,1H3,(H,17,18,19). The molecule has 0 aliphatic heterocycles. The Bertz CT molecular complexity index is 696. The van der Waals surface area contributed by atoms with Gasteiger partial charge in [0, 0.05) is 16.3 Å². The summed E-state index contributed by atoms with van der Waals surface area (Å²) in [5.41, 5.74) is 0.526. The molecule has 1 fully saturated rings. The second-order valence-corrected chi connectivity index (χ2v) is 6.88. The summed E-state index contributed by atoms with van der Waals surface area (Å²) in [6.07, 6.45) is 4.67. The molecule has 3 rings (SSSR count). The Morgan fingerprint density at radius 3 is 3.00 bits per heavy atom. The lowest BCUT2D eigenvalue weighted by molar-refractivity contribution is 0.640. The molecular weight excluding hydrogens is 294 g/mol. The van der Waals surface area contributed by atoms with Gasteiger partial charge in [0.15, 0.2) is 0 Å². The van der Waals surface area contributed by atoms with Crippen LogP contribution in [-0.2, 0) is 6.54 Å². The Balaban J connectivity index is 1.76. The van der Waals surface area contributed by atoms with Gasteiger partial charge < -0.3 is 10.3 Å². The number of hydrogen-bond acceptors (Lipinski definition) is 4. The summed E-state index contributed by atoms with van der Waals surface area (Å²) in [5, 5.41) is 4.54. The van der Waals surface area contributed by atoms with Crippen LogP contribution in [0.4, 0.5) is 0 Å². The summed E-state index contributed by atoms with van der Waals surface area (Å²) in [6, 6.07) is 5.13. The molecule has 6 heteroatoms. The lowest BCUT2D eigenvalue weighted by Gasteiger charge is -2.12. The number of nitrogens with one attached hydrogen (secondary N) is 2. The number of aromatic amines is 1. The predicted molar refractivity (Wildman–Crippen MR) is 84.6 cm³/mol. The zero-order valence-corrected chi connectivity index (χ0v) is 12.8. The Labute approximate surface area is 126 Å². The number of rotatable bonds is 5. The van der Waals surface area contributed by atoms with Crippen molar-refractivity contribution in [3.8, 4) is 0 Å². The highest BCUT2D eigenvalue weighted by atomic mass is 35.5. The van der Waals surface area contributed by atoms with Crippen molar-refractivity contribution in [2.75, 3.05) is 12.8 Å². The Morgan fingerprint density at radius 1 is 1.50 bits per heavy atom. The lowest BCUT2D eigenvalue weighted by atomic mass is 10.2. The highest BCUT2D eigenvalue weighted by Crippen LogP contribution is 2.46. The van der Waals surface area contributed by atoms with E-state index in [0.717, 1.165) is 6.54 Å². The van der Waals surface area contributed by atoms with Gasteiger partial charge in [0.05, 0.1) is 17.4 Å². The molecule has 4 nitrogen and oxygen atoms in total. The summed E-state index contributed by atoms with van der Waals surface area (Å²) in [5.74, 6) is 0.654. The number of halogens is 1. The van der Waals surface area contributed by atoms with Gasteiger partial charge in [-0.05, 0) is 37.3 Å². The van der Waals surface area contributed by atoms with Gasteiger partial charge in [0.1, 0.15) is 5.82 Å². The molecule has 2 N–H and O–H groups in total. The summed E-state index contributed by atoms with van der Waals surface area (Å²) in [6.45, 7) is 1.52. The van der Waals surface area contributed by atoms with E-state index in [-0.39, 0.29) is 5.56 Å². The minimum Gasteiger partial charge on any atom is -0.309 e. The number of nitrogens with zero attached hydrogens (tertiary/aromatic N) is 1. The van der Waals surface area contributed by atoms with Crippen LogP contribution in [0.3, 0.4) is 0 Å². The van der Waals surface area contributed by atoms with Crippen molar-refractivity contribution in [2.45, 2.75) is 24.1 Å². The third-order valence-electron chi connectivity index (χ3n) is 3.70. The minimum atomic E-state index is -0.116. The third kappa shape index (κ3) is 2.85. The van der Waals surface area contributed by atoms with E-state index in [1.165, 1.54) is 12.8 Å². The van der Waals surface area contributed by atoms with E-state index in [2.05, 4.69) is 21.5 Å². The van der Waals surface area contributed by atoms with Crippen LogP contribution < -0.4 is 10.9 Å². The lowest BCUT2D eigenvalue weighted by Crippen LogP contribution is -2.27. The number of benzene rings is 1. The van der Waals surface area contributed by atoms with Crippen molar-refractivity contribution >= 4 is 34.3 Å². The number of fused-ring (bicyclic) bond motifs is 1.